The molecule has 17 heavy (non-hydrogen) atoms. The van der Waals surface area contributed by atoms with E-state index in [2.05, 4.69) is 24.3 Å². The third-order valence-corrected chi connectivity index (χ3v) is 4.88. The van der Waals surface area contributed by atoms with E-state index in [0.29, 0.717) is 0 Å². The Bertz CT molecular complexity index is 358. The molecule has 1 atom stereocenters. The van der Waals surface area contributed by atoms with Crippen molar-refractivity contribution in [3.05, 3.63) is 35.4 Å². The molecule has 1 fully saturated rings. The average molecular weight is 228 g/mol. The molecule has 1 aromatic carbocycles. The summed E-state index contributed by atoms with van der Waals surface area (Å²) in [5.74, 6) is 1.87. The fraction of sp³-hybridized carbons (Fsp3) is 0.647. The Morgan fingerprint density at radius 1 is 0.765 bits per heavy atom. The topological polar surface area (TPSA) is 0 Å². The minimum absolute atomic E-state index is 0.887. The number of benzene rings is 1. The molecule has 0 nitrogen and oxygen atoms in total. The van der Waals surface area contributed by atoms with E-state index in [1.54, 1.807) is 11.1 Å². The van der Waals surface area contributed by atoms with Gasteiger partial charge in [-0.15, -0.1) is 0 Å². The highest BCUT2D eigenvalue weighted by molar-refractivity contribution is 5.33. The Labute approximate surface area is 105 Å². The van der Waals surface area contributed by atoms with E-state index in [1.807, 2.05) is 0 Å². The molecule has 1 unspecified atom stereocenters. The van der Waals surface area contributed by atoms with Gasteiger partial charge in [-0.2, -0.15) is 0 Å². The number of fused-ring (bicyclic) bond motifs is 1. The Morgan fingerprint density at radius 3 is 2.35 bits per heavy atom. The first-order valence-corrected chi connectivity index (χ1v) is 7.53. The lowest BCUT2D eigenvalue weighted by Crippen LogP contribution is -2.18. The van der Waals surface area contributed by atoms with Gasteiger partial charge in [0.05, 0.1) is 0 Å². The monoisotopic (exact) mass is 228 g/mol. The van der Waals surface area contributed by atoms with Crippen molar-refractivity contribution in [2.24, 2.45) is 5.92 Å². The lowest BCUT2D eigenvalue weighted by atomic mass is 9.73. The van der Waals surface area contributed by atoms with E-state index in [1.165, 1.54) is 57.8 Å². The molecule has 0 spiro atoms. The molecule has 0 bridgehead atoms. The van der Waals surface area contributed by atoms with Gasteiger partial charge in [0, 0.05) is 0 Å². The quantitative estimate of drug-likeness (QED) is 0.588. The summed E-state index contributed by atoms with van der Waals surface area (Å²) < 4.78 is 0. The van der Waals surface area contributed by atoms with E-state index < -0.39 is 0 Å². The highest BCUT2D eigenvalue weighted by Crippen LogP contribution is 2.42. The molecule has 3 rings (SSSR count). The molecule has 0 heteroatoms. The van der Waals surface area contributed by atoms with Crippen molar-refractivity contribution < 1.29 is 0 Å². The van der Waals surface area contributed by atoms with Crippen LogP contribution in [-0.2, 0) is 6.42 Å². The van der Waals surface area contributed by atoms with Gasteiger partial charge in [0.15, 0.2) is 0 Å². The molecule has 0 saturated heterocycles. The summed E-state index contributed by atoms with van der Waals surface area (Å²) in [5, 5.41) is 0. The molecule has 1 aromatic rings. The van der Waals surface area contributed by atoms with Crippen molar-refractivity contribution in [3.63, 3.8) is 0 Å². The maximum absolute atomic E-state index is 2.41. The predicted octanol–water partition coefficient (Wildman–Crippen LogP) is 5.08. The molecule has 0 aromatic heterocycles. The van der Waals surface area contributed by atoms with E-state index in [4.69, 9.17) is 0 Å². The van der Waals surface area contributed by atoms with Crippen molar-refractivity contribution in [2.75, 3.05) is 0 Å². The van der Waals surface area contributed by atoms with E-state index in [9.17, 15) is 0 Å². The summed E-state index contributed by atoms with van der Waals surface area (Å²) in [4.78, 5) is 0. The van der Waals surface area contributed by atoms with Crippen LogP contribution < -0.4 is 0 Å². The molecule has 0 heterocycles. The summed E-state index contributed by atoms with van der Waals surface area (Å²) in [6.07, 6.45) is 13.1. The van der Waals surface area contributed by atoms with E-state index in [0.717, 1.165) is 11.8 Å². The molecule has 0 aliphatic heterocycles. The zero-order chi connectivity index (χ0) is 11.5. The van der Waals surface area contributed by atoms with Crippen LogP contribution in [0.4, 0.5) is 0 Å². The van der Waals surface area contributed by atoms with Crippen LogP contribution in [0, 0.1) is 5.92 Å². The van der Waals surface area contributed by atoms with Crippen LogP contribution in [0.5, 0.6) is 0 Å². The summed E-state index contributed by atoms with van der Waals surface area (Å²) in [5.41, 5.74) is 3.35. The maximum atomic E-state index is 2.41. The molecular weight excluding hydrogens is 204 g/mol. The third kappa shape index (κ3) is 2.41. The van der Waals surface area contributed by atoms with Gasteiger partial charge in [-0.3, -0.25) is 0 Å². The molecule has 2 aliphatic carbocycles. The van der Waals surface area contributed by atoms with Gasteiger partial charge < -0.3 is 0 Å². The normalized spacial score (nSPS) is 26.2. The van der Waals surface area contributed by atoms with Gasteiger partial charge in [-0.1, -0.05) is 49.9 Å². The van der Waals surface area contributed by atoms with Gasteiger partial charge in [-0.05, 0) is 55.1 Å². The number of rotatable bonds is 1. The van der Waals surface area contributed by atoms with Crippen molar-refractivity contribution in [1.29, 1.82) is 0 Å². The van der Waals surface area contributed by atoms with Crippen LogP contribution in [0.1, 0.15) is 68.4 Å². The van der Waals surface area contributed by atoms with Crippen LogP contribution >= 0.6 is 0 Å². The predicted molar refractivity (Wildman–Crippen MR) is 73.3 cm³/mol. The zero-order valence-electron chi connectivity index (χ0n) is 10.8. The minimum atomic E-state index is 0.887. The Balaban J connectivity index is 1.83. The summed E-state index contributed by atoms with van der Waals surface area (Å²) in [7, 11) is 0. The Kier molecular flexibility index (Phi) is 3.49. The molecule has 0 amide bonds. The molecule has 92 valence electrons. The van der Waals surface area contributed by atoms with Crippen molar-refractivity contribution >= 4 is 0 Å². The van der Waals surface area contributed by atoms with Crippen LogP contribution in [0.2, 0.25) is 0 Å². The SMILES string of the molecule is c1ccc2c(c1)CCCC2C1CCCCCC1. The highest BCUT2D eigenvalue weighted by atomic mass is 14.3. The fourth-order valence-corrected chi connectivity index (χ4v) is 3.99. The largest absolute Gasteiger partial charge is 0.0620 e. The van der Waals surface area contributed by atoms with Crippen LogP contribution in [-0.4, -0.2) is 0 Å². The van der Waals surface area contributed by atoms with Crippen LogP contribution in [0.25, 0.3) is 0 Å². The van der Waals surface area contributed by atoms with Gasteiger partial charge in [-0.25, -0.2) is 0 Å². The zero-order valence-corrected chi connectivity index (χ0v) is 10.8. The number of hydrogen-bond acceptors (Lipinski definition) is 0. The third-order valence-electron chi connectivity index (χ3n) is 4.88. The minimum Gasteiger partial charge on any atom is -0.0620 e. The number of hydrogen-bond donors (Lipinski definition) is 0. The molecule has 0 radical (unpaired) electrons. The van der Waals surface area contributed by atoms with Crippen molar-refractivity contribution in [1.82, 2.24) is 0 Å². The van der Waals surface area contributed by atoms with Gasteiger partial charge in [0.1, 0.15) is 0 Å². The Morgan fingerprint density at radius 2 is 1.53 bits per heavy atom. The molecule has 1 saturated carbocycles. The van der Waals surface area contributed by atoms with Crippen molar-refractivity contribution in [3.8, 4) is 0 Å². The summed E-state index contributed by atoms with van der Waals surface area (Å²) >= 11 is 0. The molecule has 0 N–H and O–H groups in total. The summed E-state index contributed by atoms with van der Waals surface area (Å²) in [6.45, 7) is 0. The van der Waals surface area contributed by atoms with Crippen molar-refractivity contribution in [2.45, 2.75) is 63.7 Å². The molecule has 2 aliphatic rings. The van der Waals surface area contributed by atoms with Crippen LogP contribution in [0.3, 0.4) is 0 Å². The van der Waals surface area contributed by atoms with E-state index in [-0.39, 0.29) is 0 Å². The standard InChI is InChI=1S/C17H24/c1-2-4-9-14(8-3-1)17-13-7-11-15-10-5-6-12-16(15)17/h5-6,10,12,14,17H,1-4,7-9,11,13H2. The van der Waals surface area contributed by atoms with Crippen LogP contribution in [0.15, 0.2) is 24.3 Å². The van der Waals surface area contributed by atoms with Gasteiger partial charge in [0.2, 0.25) is 0 Å². The highest BCUT2D eigenvalue weighted by Gasteiger charge is 2.27. The fourth-order valence-electron chi connectivity index (χ4n) is 3.99. The Hall–Kier alpha value is -0.780. The second-order valence-electron chi connectivity index (χ2n) is 5.95. The first kappa shape index (κ1) is 11.3. The second-order valence-corrected chi connectivity index (χ2v) is 5.95. The first-order valence-electron chi connectivity index (χ1n) is 7.53. The van der Waals surface area contributed by atoms with Gasteiger partial charge >= 0.3 is 0 Å². The molecular formula is C17H24. The average Bonchev–Trinajstić information content (AvgIpc) is 2.67. The first-order chi connectivity index (χ1) is 8.45. The lowest BCUT2D eigenvalue weighted by Gasteiger charge is -2.32. The second kappa shape index (κ2) is 5.25. The lowest BCUT2D eigenvalue weighted by molar-refractivity contribution is 0.341. The summed E-state index contributed by atoms with van der Waals surface area (Å²) in [6, 6.07) is 9.23. The van der Waals surface area contributed by atoms with E-state index >= 15 is 0 Å². The number of aryl methyl sites for hydroxylation is 1. The smallest absolute Gasteiger partial charge is 0.0131 e. The van der Waals surface area contributed by atoms with Gasteiger partial charge in [0.25, 0.3) is 0 Å². The maximum Gasteiger partial charge on any atom is -0.0131 e.